The summed E-state index contributed by atoms with van der Waals surface area (Å²) >= 11 is 0. The first-order valence-corrected chi connectivity index (χ1v) is 13.3. The van der Waals surface area contributed by atoms with Crippen LogP contribution < -0.4 is 15.8 Å². The first-order valence-electron chi connectivity index (χ1n) is 13.3. The van der Waals surface area contributed by atoms with Crippen molar-refractivity contribution in [2.75, 3.05) is 13.7 Å². The number of benzene rings is 3. The van der Waals surface area contributed by atoms with E-state index in [-0.39, 0.29) is 11.7 Å². The highest BCUT2D eigenvalue weighted by Gasteiger charge is 2.38. The number of aliphatic carboxylic acids is 1. The van der Waals surface area contributed by atoms with Crippen LogP contribution in [0.4, 0.5) is 13.2 Å². The van der Waals surface area contributed by atoms with Crippen molar-refractivity contribution >= 4 is 11.9 Å². The van der Waals surface area contributed by atoms with Crippen LogP contribution in [0, 0.1) is 13.8 Å². The van der Waals surface area contributed by atoms with Crippen LogP contribution in [-0.2, 0) is 35.6 Å². The number of amides is 1. The van der Waals surface area contributed by atoms with Gasteiger partial charge in [-0.2, -0.15) is 13.2 Å². The van der Waals surface area contributed by atoms with Crippen LogP contribution in [0.1, 0.15) is 40.3 Å². The highest BCUT2D eigenvalue weighted by atomic mass is 19.4. The van der Waals surface area contributed by atoms with Crippen LogP contribution in [0.15, 0.2) is 60.7 Å². The molecule has 0 aliphatic rings. The number of carbonyl (C=O) groups is 2. The summed E-state index contributed by atoms with van der Waals surface area (Å²) in [6.07, 6.45) is -4.67. The smallest absolute Gasteiger partial charge is 0.490 e. The number of carbonyl (C=O) groups excluding carboxylic acids is 1. The van der Waals surface area contributed by atoms with E-state index in [0.29, 0.717) is 19.6 Å². The first-order chi connectivity index (χ1) is 19.7. The summed E-state index contributed by atoms with van der Waals surface area (Å²) in [6.45, 7) is 8.30. The number of halogens is 3. The van der Waals surface area contributed by atoms with Crippen molar-refractivity contribution in [2.24, 2.45) is 5.73 Å². The Balaban J connectivity index is 0.000000782. The van der Waals surface area contributed by atoms with Crippen LogP contribution in [0.5, 0.6) is 11.5 Å². The number of nitrogens with two attached hydrogens (primary N) is 1. The third-order valence-corrected chi connectivity index (χ3v) is 6.31. The minimum Gasteiger partial charge on any atom is -0.508 e. The lowest BCUT2D eigenvalue weighted by Gasteiger charge is -2.19. The molecule has 3 rings (SSSR count). The predicted octanol–water partition coefficient (Wildman–Crippen LogP) is 4.86. The molecule has 1 atom stereocenters. The molecule has 0 unspecified atom stereocenters. The van der Waals surface area contributed by atoms with Gasteiger partial charge in [0.25, 0.3) is 0 Å². The Morgan fingerprint density at radius 1 is 1.00 bits per heavy atom. The second-order valence-corrected chi connectivity index (χ2v) is 9.92. The molecule has 0 saturated carbocycles. The summed E-state index contributed by atoms with van der Waals surface area (Å²) in [4.78, 5) is 24.0. The third-order valence-electron chi connectivity index (χ3n) is 6.31. The summed E-state index contributed by atoms with van der Waals surface area (Å²) in [5.41, 5.74) is 12.4. The number of hydrogen-bond acceptors (Lipinski definition) is 6. The molecular weight excluding hydrogens is 551 g/mol. The van der Waals surface area contributed by atoms with Gasteiger partial charge in [0.1, 0.15) is 11.5 Å². The lowest BCUT2D eigenvalue weighted by atomic mass is 9.96. The Hall–Kier alpha value is -4.09. The van der Waals surface area contributed by atoms with E-state index in [0.717, 1.165) is 46.7 Å². The molecule has 1 amide bonds. The normalized spacial score (nSPS) is 11.8. The van der Waals surface area contributed by atoms with Crippen LogP contribution in [0.25, 0.3) is 0 Å². The number of nitrogens with one attached hydrogen (secondary N) is 1. The van der Waals surface area contributed by atoms with Gasteiger partial charge in [-0.05, 0) is 86.3 Å². The molecule has 0 aliphatic carbocycles. The number of ether oxygens (including phenoxy) is 1. The molecule has 11 heteroatoms. The zero-order valence-electron chi connectivity index (χ0n) is 24.2. The molecule has 3 aromatic carbocycles. The van der Waals surface area contributed by atoms with E-state index in [1.165, 1.54) is 5.56 Å². The van der Waals surface area contributed by atoms with Gasteiger partial charge >= 0.3 is 12.1 Å². The summed E-state index contributed by atoms with van der Waals surface area (Å²) in [5, 5.41) is 19.9. The average molecular weight is 590 g/mol. The zero-order chi connectivity index (χ0) is 31.4. The Kier molecular flexibility index (Phi) is 12.8. The molecule has 0 heterocycles. The van der Waals surface area contributed by atoms with Gasteiger partial charge in [-0.3, -0.25) is 9.69 Å². The second kappa shape index (κ2) is 15.8. The maximum absolute atomic E-state index is 12.8. The topological polar surface area (TPSA) is 125 Å². The van der Waals surface area contributed by atoms with Gasteiger partial charge in [0, 0.05) is 25.2 Å². The molecular formula is C31H38F3N3O5. The molecule has 0 aromatic heterocycles. The number of hydrogen-bond donors (Lipinski definition) is 4. The maximum atomic E-state index is 12.8. The number of nitrogens with zero attached hydrogens (tertiary/aromatic N) is 1. The lowest BCUT2D eigenvalue weighted by Crippen LogP contribution is -2.42. The van der Waals surface area contributed by atoms with Crippen molar-refractivity contribution in [3.05, 3.63) is 94.0 Å². The number of phenolic OH excluding ortho intramolecular Hbond substituents is 1. The van der Waals surface area contributed by atoms with Crippen molar-refractivity contribution in [3.8, 4) is 11.5 Å². The maximum Gasteiger partial charge on any atom is 0.490 e. The van der Waals surface area contributed by atoms with Gasteiger partial charge in [-0.15, -0.1) is 0 Å². The minimum absolute atomic E-state index is 0.217. The number of aromatic hydroxyl groups is 1. The van der Waals surface area contributed by atoms with Crippen LogP contribution in [0.2, 0.25) is 0 Å². The molecule has 228 valence electrons. The van der Waals surface area contributed by atoms with Crippen LogP contribution in [-0.4, -0.2) is 52.9 Å². The predicted molar refractivity (Wildman–Crippen MR) is 154 cm³/mol. The van der Waals surface area contributed by atoms with Crippen molar-refractivity contribution in [3.63, 3.8) is 0 Å². The Labute approximate surface area is 243 Å². The van der Waals surface area contributed by atoms with Crippen LogP contribution >= 0.6 is 0 Å². The van der Waals surface area contributed by atoms with E-state index in [1.54, 1.807) is 12.1 Å². The largest absolute Gasteiger partial charge is 0.508 e. The zero-order valence-corrected chi connectivity index (χ0v) is 24.2. The van der Waals surface area contributed by atoms with E-state index >= 15 is 0 Å². The number of aryl methyl sites for hydroxylation is 2. The monoisotopic (exact) mass is 589 g/mol. The Morgan fingerprint density at radius 3 is 2.12 bits per heavy atom. The van der Waals surface area contributed by atoms with Crippen molar-refractivity contribution in [1.82, 2.24) is 10.2 Å². The molecule has 0 radical (unpaired) electrons. The summed E-state index contributed by atoms with van der Waals surface area (Å²) in [5.74, 6) is -1.99. The SMILES string of the molecule is CCOc1ccc(CN(C)Cc2ccccc2)cc1CNC(=O)[C@@H](N)Cc1c(C)cc(O)cc1C.O=C(O)C(F)(F)F. The fourth-order valence-corrected chi connectivity index (χ4v) is 4.35. The van der Waals surface area contributed by atoms with E-state index in [4.69, 9.17) is 20.4 Å². The molecule has 0 saturated heterocycles. The van der Waals surface area contributed by atoms with E-state index < -0.39 is 18.2 Å². The van der Waals surface area contributed by atoms with Gasteiger partial charge < -0.3 is 26.0 Å². The Bertz CT molecular complexity index is 1310. The minimum atomic E-state index is -5.08. The van der Waals surface area contributed by atoms with E-state index in [9.17, 15) is 23.1 Å². The fraction of sp³-hybridized carbons (Fsp3) is 0.355. The van der Waals surface area contributed by atoms with Gasteiger partial charge in [0.2, 0.25) is 5.91 Å². The van der Waals surface area contributed by atoms with Crippen molar-refractivity contribution < 1.29 is 37.7 Å². The molecule has 0 spiro atoms. The summed E-state index contributed by atoms with van der Waals surface area (Å²) in [7, 11) is 2.09. The number of rotatable bonds is 11. The van der Waals surface area contributed by atoms with Gasteiger partial charge in [0.05, 0.1) is 12.6 Å². The molecule has 3 aromatic rings. The molecule has 0 bridgehead atoms. The summed E-state index contributed by atoms with van der Waals surface area (Å²) < 4.78 is 37.5. The number of carboxylic acids is 1. The van der Waals surface area contributed by atoms with Crippen LogP contribution in [0.3, 0.4) is 0 Å². The quantitative estimate of drug-likeness (QED) is 0.252. The second-order valence-electron chi connectivity index (χ2n) is 9.92. The molecule has 0 fully saturated rings. The summed E-state index contributed by atoms with van der Waals surface area (Å²) in [6, 6.07) is 19.2. The van der Waals surface area contributed by atoms with Crippen molar-refractivity contribution in [1.29, 1.82) is 0 Å². The number of alkyl halides is 3. The van der Waals surface area contributed by atoms with E-state index in [2.05, 4.69) is 53.7 Å². The first kappa shape index (κ1) is 34.1. The van der Waals surface area contributed by atoms with Gasteiger partial charge in [0.15, 0.2) is 0 Å². The Morgan fingerprint density at radius 2 is 1.57 bits per heavy atom. The molecule has 0 aliphatic heterocycles. The number of phenols is 1. The fourth-order valence-electron chi connectivity index (χ4n) is 4.35. The lowest BCUT2D eigenvalue weighted by molar-refractivity contribution is -0.192. The third kappa shape index (κ3) is 11.1. The molecule has 42 heavy (non-hydrogen) atoms. The molecule has 8 nitrogen and oxygen atoms in total. The molecule has 5 N–H and O–H groups in total. The average Bonchev–Trinajstić information content (AvgIpc) is 2.90. The highest BCUT2D eigenvalue weighted by molar-refractivity contribution is 5.82. The highest BCUT2D eigenvalue weighted by Crippen LogP contribution is 2.23. The van der Waals surface area contributed by atoms with Gasteiger partial charge in [-0.1, -0.05) is 36.4 Å². The van der Waals surface area contributed by atoms with Crippen molar-refractivity contribution in [2.45, 2.75) is 59.0 Å². The number of carboxylic acid groups (broad SMARTS) is 1. The van der Waals surface area contributed by atoms with Gasteiger partial charge in [-0.25, -0.2) is 4.79 Å². The standard InChI is InChI=1S/C29H37N3O3.C2HF3O2/c1-5-35-28-12-11-23(19-32(4)18-22-9-7-6-8-10-22)15-24(28)17-31-29(34)27(30)16-26-20(2)13-25(33)14-21(26)3;3-2(4,5)1(6)7/h6-15,27,33H,5,16-19,30H2,1-4H3,(H,31,34);(H,6,7)/t27-;/m0./s1. The van der Waals surface area contributed by atoms with E-state index in [1.807, 2.05) is 32.9 Å².